The Morgan fingerprint density at radius 3 is 2.44 bits per heavy atom. The Morgan fingerprint density at radius 1 is 1.15 bits per heavy atom. The average molecular weight is 429 g/mol. The van der Waals surface area contributed by atoms with E-state index in [1.54, 1.807) is 24.3 Å². The summed E-state index contributed by atoms with van der Waals surface area (Å²) < 4.78 is 0. The fraction of sp³-hybridized carbons (Fsp3) is 0.368. The molecule has 0 saturated carbocycles. The molecule has 1 aliphatic heterocycles. The van der Waals surface area contributed by atoms with Gasteiger partial charge >= 0.3 is 0 Å². The van der Waals surface area contributed by atoms with Crippen molar-refractivity contribution in [2.45, 2.75) is 25.4 Å². The third-order valence-electron chi connectivity index (χ3n) is 4.53. The van der Waals surface area contributed by atoms with Crippen molar-refractivity contribution in [3.63, 3.8) is 0 Å². The van der Waals surface area contributed by atoms with Gasteiger partial charge in [0.15, 0.2) is 0 Å². The van der Waals surface area contributed by atoms with Crippen molar-refractivity contribution in [2.24, 2.45) is 0 Å². The van der Waals surface area contributed by atoms with Crippen LogP contribution in [0.4, 0.5) is 5.82 Å². The molecule has 1 unspecified atom stereocenters. The Morgan fingerprint density at radius 2 is 1.81 bits per heavy atom. The normalized spacial score (nSPS) is 15.5. The summed E-state index contributed by atoms with van der Waals surface area (Å²) in [6.45, 7) is 1.65. The van der Waals surface area contributed by atoms with Crippen molar-refractivity contribution < 1.29 is 9.90 Å². The minimum Gasteiger partial charge on any atom is -0.386 e. The maximum atomic E-state index is 12.5. The zero-order valence-corrected chi connectivity index (χ0v) is 16.9. The molecule has 1 aliphatic rings. The zero-order valence-electron chi connectivity index (χ0n) is 14.6. The van der Waals surface area contributed by atoms with Crippen LogP contribution in [-0.2, 0) is 0 Å². The second-order valence-electron chi connectivity index (χ2n) is 6.44. The lowest BCUT2D eigenvalue weighted by molar-refractivity contribution is 0.0724. The van der Waals surface area contributed by atoms with E-state index in [9.17, 15) is 9.90 Å². The topological polar surface area (TPSA) is 65.5 Å². The number of carbonyl (C=O) groups excluding carboxylic acids is 1. The molecule has 2 aromatic rings. The fourth-order valence-corrected chi connectivity index (χ4v) is 3.97. The molecule has 5 nitrogen and oxygen atoms in total. The number of piperidine rings is 1. The van der Waals surface area contributed by atoms with Gasteiger partial charge in [0.05, 0.1) is 16.7 Å². The number of rotatable bonds is 5. The van der Waals surface area contributed by atoms with Crippen molar-refractivity contribution in [3.8, 4) is 0 Å². The number of hydrogen-bond donors (Lipinski definition) is 2. The summed E-state index contributed by atoms with van der Waals surface area (Å²) in [6.07, 6.45) is 3.77. The molecule has 1 amide bonds. The van der Waals surface area contributed by atoms with E-state index in [0.29, 0.717) is 32.0 Å². The number of aliphatic hydroxyl groups excluding tert-OH is 1. The Labute approximate surface area is 173 Å². The predicted molar refractivity (Wildman–Crippen MR) is 109 cm³/mol. The van der Waals surface area contributed by atoms with E-state index in [4.69, 9.17) is 34.8 Å². The first-order chi connectivity index (χ1) is 13.0. The summed E-state index contributed by atoms with van der Waals surface area (Å²) in [7, 11) is 0. The molecule has 1 atom stereocenters. The molecule has 27 heavy (non-hydrogen) atoms. The number of halogens is 3. The van der Waals surface area contributed by atoms with Crippen molar-refractivity contribution in [1.29, 1.82) is 0 Å². The van der Waals surface area contributed by atoms with E-state index in [1.807, 2.05) is 4.90 Å². The largest absolute Gasteiger partial charge is 0.386 e. The highest BCUT2D eigenvalue weighted by molar-refractivity contribution is 6.36. The van der Waals surface area contributed by atoms with E-state index in [-0.39, 0.29) is 12.5 Å². The summed E-state index contributed by atoms with van der Waals surface area (Å²) in [5.41, 5.74) is 0.906. The van der Waals surface area contributed by atoms with Crippen LogP contribution in [0.15, 0.2) is 30.5 Å². The number of nitrogens with one attached hydrogen (secondary N) is 1. The van der Waals surface area contributed by atoms with Gasteiger partial charge in [0.25, 0.3) is 5.91 Å². The van der Waals surface area contributed by atoms with Gasteiger partial charge in [0, 0.05) is 41.4 Å². The first kappa shape index (κ1) is 20.2. The van der Waals surface area contributed by atoms with Crippen molar-refractivity contribution in [3.05, 3.63) is 56.7 Å². The fourth-order valence-electron chi connectivity index (χ4n) is 3.09. The van der Waals surface area contributed by atoms with Crippen molar-refractivity contribution in [2.75, 3.05) is 25.0 Å². The minimum atomic E-state index is -0.932. The number of hydrogen-bond acceptors (Lipinski definition) is 4. The SMILES string of the molecule is O=C(c1cnc(NCC(O)c2c(Cl)cccc2Cl)c(Cl)c1)N1CCCCC1. The molecule has 8 heteroatoms. The van der Waals surface area contributed by atoms with Crippen LogP contribution >= 0.6 is 34.8 Å². The van der Waals surface area contributed by atoms with E-state index in [0.717, 1.165) is 32.4 Å². The van der Waals surface area contributed by atoms with Gasteiger partial charge in [0.1, 0.15) is 5.82 Å². The number of benzene rings is 1. The van der Waals surface area contributed by atoms with Crippen LogP contribution in [0, 0.1) is 0 Å². The monoisotopic (exact) mass is 427 g/mol. The van der Waals surface area contributed by atoms with Crippen LogP contribution < -0.4 is 5.32 Å². The molecule has 0 aliphatic carbocycles. The predicted octanol–water partition coefficient (Wildman–Crippen LogP) is 4.81. The molecule has 0 spiro atoms. The van der Waals surface area contributed by atoms with Crippen LogP contribution in [-0.4, -0.2) is 40.5 Å². The van der Waals surface area contributed by atoms with Gasteiger partial charge in [-0.2, -0.15) is 0 Å². The first-order valence-corrected chi connectivity index (χ1v) is 9.91. The third-order valence-corrected chi connectivity index (χ3v) is 5.47. The maximum absolute atomic E-state index is 12.5. The summed E-state index contributed by atoms with van der Waals surface area (Å²) in [4.78, 5) is 18.6. The lowest BCUT2D eigenvalue weighted by atomic mass is 10.1. The molecule has 0 radical (unpaired) electrons. The molecule has 2 N–H and O–H groups in total. The highest BCUT2D eigenvalue weighted by atomic mass is 35.5. The number of amides is 1. The van der Waals surface area contributed by atoms with Crippen molar-refractivity contribution >= 4 is 46.5 Å². The van der Waals surface area contributed by atoms with Gasteiger partial charge in [-0.15, -0.1) is 0 Å². The number of aliphatic hydroxyl groups is 1. The maximum Gasteiger partial charge on any atom is 0.255 e. The van der Waals surface area contributed by atoms with Crippen LogP contribution in [0.25, 0.3) is 0 Å². The molecule has 144 valence electrons. The first-order valence-electron chi connectivity index (χ1n) is 8.78. The molecule has 2 heterocycles. The summed E-state index contributed by atoms with van der Waals surface area (Å²) in [5, 5.41) is 14.5. The highest BCUT2D eigenvalue weighted by Gasteiger charge is 2.20. The summed E-state index contributed by atoms with van der Waals surface area (Å²) in [6, 6.07) is 6.64. The van der Waals surface area contributed by atoms with Gasteiger partial charge in [-0.25, -0.2) is 4.98 Å². The highest BCUT2D eigenvalue weighted by Crippen LogP contribution is 2.31. The molecule has 3 rings (SSSR count). The number of anilines is 1. The van der Waals surface area contributed by atoms with Gasteiger partial charge in [0.2, 0.25) is 0 Å². The molecule has 1 aromatic carbocycles. The molecule has 1 fully saturated rings. The van der Waals surface area contributed by atoms with Gasteiger partial charge < -0.3 is 15.3 Å². The standard InChI is InChI=1S/C19H20Cl3N3O2/c20-13-5-4-6-14(21)17(13)16(26)11-24-18-15(22)9-12(10-23-18)19(27)25-7-2-1-3-8-25/h4-6,9-10,16,26H,1-3,7-8,11H2,(H,23,24). The zero-order chi connectivity index (χ0) is 19.4. The minimum absolute atomic E-state index is 0.0569. The van der Waals surface area contributed by atoms with Gasteiger partial charge in [-0.1, -0.05) is 40.9 Å². The number of aromatic nitrogens is 1. The van der Waals surface area contributed by atoms with E-state index in [1.165, 1.54) is 6.20 Å². The Balaban J connectivity index is 1.66. The molecule has 1 saturated heterocycles. The average Bonchev–Trinajstić information content (AvgIpc) is 2.67. The van der Waals surface area contributed by atoms with Crippen LogP contribution in [0.1, 0.15) is 41.3 Å². The lowest BCUT2D eigenvalue weighted by Gasteiger charge is -2.26. The quantitative estimate of drug-likeness (QED) is 0.717. The smallest absolute Gasteiger partial charge is 0.255 e. The summed E-state index contributed by atoms with van der Waals surface area (Å²) in [5.74, 6) is 0.327. The Hall–Kier alpha value is -1.53. The van der Waals surface area contributed by atoms with Gasteiger partial charge in [-0.3, -0.25) is 4.79 Å². The molecule has 1 aromatic heterocycles. The Kier molecular flexibility index (Phi) is 6.82. The molecular formula is C19H20Cl3N3O2. The lowest BCUT2D eigenvalue weighted by Crippen LogP contribution is -2.35. The van der Waals surface area contributed by atoms with E-state index >= 15 is 0 Å². The van der Waals surface area contributed by atoms with Crippen molar-refractivity contribution in [1.82, 2.24) is 9.88 Å². The van der Waals surface area contributed by atoms with E-state index in [2.05, 4.69) is 10.3 Å². The molecule has 0 bridgehead atoms. The van der Waals surface area contributed by atoms with Crippen LogP contribution in [0.3, 0.4) is 0 Å². The second kappa shape index (κ2) is 9.11. The number of carbonyl (C=O) groups is 1. The van der Waals surface area contributed by atoms with Gasteiger partial charge in [-0.05, 0) is 37.5 Å². The summed E-state index contributed by atoms with van der Waals surface area (Å²) >= 11 is 18.5. The van der Waals surface area contributed by atoms with Crippen LogP contribution in [0.5, 0.6) is 0 Å². The molecular weight excluding hydrogens is 409 g/mol. The Bertz CT molecular complexity index is 806. The number of likely N-dealkylation sites (tertiary alicyclic amines) is 1. The van der Waals surface area contributed by atoms with Crippen LogP contribution in [0.2, 0.25) is 15.1 Å². The van der Waals surface area contributed by atoms with E-state index < -0.39 is 6.10 Å². The number of nitrogens with zero attached hydrogens (tertiary/aromatic N) is 2. The second-order valence-corrected chi connectivity index (χ2v) is 7.66. The number of pyridine rings is 1. The third kappa shape index (κ3) is 4.85.